The minimum Gasteiger partial charge on any atom is -0.206 e. The van der Waals surface area contributed by atoms with E-state index >= 15 is 0 Å². The molecule has 0 nitrogen and oxygen atoms in total. The Hall–Kier alpha value is -4.23. The van der Waals surface area contributed by atoms with E-state index in [1.54, 1.807) is 6.07 Å². The van der Waals surface area contributed by atoms with Crippen molar-refractivity contribution in [3.8, 4) is 22.3 Å². The fourth-order valence-electron chi connectivity index (χ4n) is 5.05. The van der Waals surface area contributed by atoms with Gasteiger partial charge in [-0.3, -0.25) is 0 Å². The van der Waals surface area contributed by atoms with E-state index in [2.05, 4.69) is 117 Å². The average Bonchev–Trinajstić information content (AvgIpc) is 2.98. The minimum absolute atomic E-state index is 0.209. The van der Waals surface area contributed by atoms with E-state index in [9.17, 15) is 4.39 Å². The smallest absolute Gasteiger partial charge is 0.131 e. The highest BCUT2D eigenvalue weighted by Gasteiger charge is 2.07. The zero-order valence-corrected chi connectivity index (χ0v) is 22.8. The molecule has 0 saturated carbocycles. The molecule has 0 aromatic heterocycles. The maximum atomic E-state index is 14.9. The summed E-state index contributed by atoms with van der Waals surface area (Å²) < 4.78 is 14.9. The Bertz CT molecular complexity index is 1510. The highest BCUT2D eigenvalue weighted by molar-refractivity contribution is 5.74. The van der Waals surface area contributed by atoms with Crippen LogP contribution in [0.1, 0.15) is 54.0 Å². The van der Waals surface area contributed by atoms with Crippen molar-refractivity contribution >= 4 is 12.2 Å². The number of aryl methyl sites for hydroxylation is 1. The Kier molecular flexibility index (Phi) is 8.48. The standard InChI is InChI=1S/C38H35F/c1-3-7-29-10-19-35(20-11-29)37-25-24-36(38(39)27-37)23-14-30-12-17-33(18-13-30)34-21-15-31(16-22-34)26-28(2)32-8-5-4-6-9-32/h4-6,8-25,27-28H,3,7,26H2,1-2H3/t28-/m1/s1. The Labute approximate surface area is 232 Å². The fourth-order valence-corrected chi connectivity index (χ4v) is 5.05. The Morgan fingerprint density at radius 1 is 0.615 bits per heavy atom. The van der Waals surface area contributed by atoms with Gasteiger partial charge in [0.15, 0.2) is 0 Å². The van der Waals surface area contributed by atoms with Crippen LogP contribution in [0.25, 0.3) is 34.4 Å². The van der Waals surface area contributed by atoms with E-state index in [-0.39, 0.29) is 5.82 Å². The van der Waals surface area contributed by atoms with Crippen molar-refractivity contribution in [3.63, 3.8) is 0 Å². The van der Waals surface area contributed by atoms with Gasteiger partial charge in [-0.2, -0.15) is 0 Å². The molecular formula is C38H35F. The van der Waals surface area contributed by atoms with Crippen molar-refractivity contribution in [1.82, 2.24) is 0 Å². The number of hydrogen-bond acceptors (Lipinski definition) is 0. The number of halogens is 1. The molecule has 0 radical (unpaired) electrons. The summed E-state index contributed by atoms with van der Waals surface area (Å²) in [5.41, 5.74) is 9.98. The molecule has 0 unspecified atom stereocenters. The van der Waals surface area contributed by atoms with Crippen LogP contribution in [0.2, 0.25) is 0 Å². The second kappa shape index (κ2) is 12.5. The molecule has 39 heavy (non-hydrogen) atoms. The molecule has 0 fully saturated rings. The van der Waals surface area contributed by atoms with Crippen molar-refractivity contribution in [2.75, 3.05) is 0 Å². The van der Waals surface area contributed by atoms with Crippen LogP contribution in [0.5, 0.6) is 0 Å². The van der Waals surface area contributed by atoms with E-state index < -0.39 is 0 Å². The Morgan fingerprint density at radius 2 is 1.18 bits per heavy atom. The molecule has 194 valence electrons. The van der Waals surface area contributed by atoms with E-state index in [4.69, 9.17) is 0 Å². The highest BCUT2D eigenvalue weighted by Crippen LogP contribution is 2.26. The predicted molar refractivity (Wildman–Crippen MR) is 165 cm³/mol. The van der Waals surface area contributed by atoms with Crippen LogP contribution in [-0.4, -0.2) is 0 Å². The lowest BCUT2D eigenvalue weighted by Gasteiger charge is -2.12. The first-order chi connectivity index (χ1) is 19.1. The van der Waals surface area contributed by atoms with Crippen LogP contribution in [0.15, 0.2) is 121 Å². The van der Waals surface area contributed by atoms with Gasteiger partial charge in [-0.1, -0.05) is 148 Å². The van der Waals surface area contributed by atoms with Gasteiger partial charge in [0.2, 0.25) is 0 Å². The van der Waals surface area contributed by atoms with Crippen LogP contribution < -0.4 is 0 Å². The summed E-state index contributed by atoms with van der Waals surface area (Å²) in [5, 5.41) is 0. The zero-order valence-electron chi connectivity index (χ0n) is 22.8. The molecule has 5 rings (SSSR count). The van der Waals surface area contributed by atoms with Gasteiger partial charge in [0.1, 0.15) is 5.82 Å². The van der Waals surface area contributed by atoms with Gasteiger partial charge >= 0.3 is 0 Å². The van der Waals surface area contributed by atoms with E-state index in [1.807, 2.05) is 24.3 Å². The summed E-state index contributed by atoms with van der Waals surface area (Å²) in [7, 11) is 0. The lowest BCUT2D eigenvalue weighted by Crippen LogP contribution is -1.98. The van der Waals surface area contributed by atoms with Crippen molar-refractivity contribution in [1.29, 1.82) is 0 Å². The average molecular weight is 511 g/mol. The number of rotatable bonds is 9. The lowest BCUT2D eigenvalue weighted by molar-refractivity contribution is 0.625. The van der Waals surface area contributed by atoms with Gasteiger partial charge in [0.25, 0.3) is 0 Å². The summed E-state index contributed by atoms with van der Waals surface area (Å²) in [5.74, 6) is 0.279. The molecule has 0 aliphatic heterocycles. The summed E-state index contributed by atoms with van der Waals surface area (Å²) in [4.78, 5) is 0. The van der Waals surface area contributed by atoms with Crippen molar-refractivity contribution in [2.24, 2.45) is 0 Å². The van der Waals surface area contributed by atoms with Crippen molar-refractivity contribution in [2.45, 2.75) is 39.0 Å². The van der Waals surface area contributed by atoms with Gasteiger partial charge in [0, 0.05) is 5.56 Å². The molecule has 0 heterocycles. The molecule has 5 aromatic rings. The zero-order chi connectivity index (χ0) is 27.0. The molecule has 0 amide bonds. The molecule has 0 aliphatic carbocycles. The number of hydrogen-bond donors (Lipinski definition) is 0. The normalized spacial score (nSPS) is 12.1. The van der Waals surface area contributed by atoms with Crippen LogP contribution in [0.4, 0.5) is 4.39 Å². The summed E-state index contributed by atoms with van der Waals surface area (Å²) in [6.07, 6.45) is 7.04. The molecule has 5 aromatic carbocycles. The molecule has 0 spiro atoms. The topological polar surface area (TPSA) is 0 Å². The van der Waals surface area contributed by atoms with E-state index in [0.717, 1.165) is 36.0 Å². The molecule has 0 N–H and O–H groups in total. The first-order valence-electron chi connectivity index (χ1n) is 13.9. The van der Waals surface area contributed by atoms with Crippen LogP contribution in [0, 0.1) is 5.82 Å². The fraction of sp³-hybridized carbons (Fsp3) is 0.158. The van der Waals surface area contributed by atoms with Crippen molar-refractivity contribution in [3.05, 3.63) is 155 Å². The molecule has 0 bridgehead atoms. The monoisotopic (exact) mass is 510 g/mol. The second-order valence-corrected chi connectivity index (χ2v) is 10.4. The maximum Gasteiger partial charge on any atom is 0.131 e. The largest absolute Gasteiger partial charge is 0.206 e. The maximum absolute atomic E-state index is 14.9. The van der Waals surface area contributed by atoms with Crippen LogP contribution >= 0.6 is 0 Å². The third-order valence-electron chi connectivity index (χ3n) is 7.39. The predicted octanol–water partition coefficient (Wildman–Crippen LogP) is 10.6. The summed E-state index contributed by atoms with van der Waals surface area (Å²) in [6.45, 7) is 4.46. The molecule has 1 atom stereocenters. The van der Waals surface area contributed by atoms with Gasteiger partial charge < -0.3 is 0 Å². The quantitative estimate of drug-likeness (QED) is 0.173. The van der Waals surface area contributed by atoms with Gasteiger partial charge in [0.05, 0.1) is 0 Å². The van der Waals surface area contributed by atoms with E-state index in [0.29, 0.717) is 11.5 Å². The van der Waals surface area contributed by atoms with Gasteiger partial charge in [-0.15, -0.1) is 0 Å². The van der Waals surface area contributed by atoms with Crippen LogP contribution in [0.3, 0.4) is 0 Å². The molecule has 1 heteroatoms. The third kappa shape index (κ3) is 6.81. The first-order valence-corrected chi connectivity index (χ1v) is 13.9. The highest BCUT2D eigenvalue weighted by atomic mass is 19.1. The van der Waals surface area contributed by atoms with Crippen molar-refractivity contribution < 1.29 is 4.39 Å². The molecule has 0 saturated heterocycles. The molecular weight excluding hydrogens is 475 g/mol. The third-order valence-corrected chi connectivity index (χ3v) is 7.39. The van der Waals surface area contributed by atoms with Gasteiger partial charge in [-0.25, -0.2) is 4.39 Å². The Morgan fingerprint density at radius 3 is 1.79 bits per heavy atom. The van der Waals surface area contributed by atoms with Crippen LogP contribution in [-0.2, 0) is 12.8 Å². The second-order valence-electron chi connectivity index (χ2n) is 10.4. The summed E-state index contributed by atoms with van der Waals surface area (Å²) in [6, 6.07) is 41.9. The minimum atomic E-state index is -0.209. The van der Waals surface area contributed by atoms with E-state index in [1.165, 1.54) is 27.8 Å². The van der Waals surface area contributed by atoms with Gasteiger partial charge in [-0.05, 0) is 69.3 Å². The Balaban J connectivity index is 1.22. The lowest BCUT2D eigenvalue weighted by atomic mass is 9.93. The molecule has 0 aliphatic rings. The first kappa shape index (κ1) is 26.4. The SMILES string of the molecule is CCCc1ccc(-c2ccc(C=Cc3ccc(-c4ccc(C[C@@H](C)c5ccccc5)cc4)cc3)c(F)c2)cc1. The number of benzene rings is 5. The summed E-state index contributed by atoms with van der Waals surface area (Å²) >= 11 is 0.